The van der Waals surface area contributed by atoms with Crippen molar-refractivity contribution in [3.8, 4) is 0 Å². The number of halogens is 3. The lowest BCUT2D eigenvalue weighted by molar-refractivity contribution is -0.130. The van der Waals surface area contributed by atoms with E-state index in [0.29, 0.717) is 26.2 Å². The van der Waals surface area contributed by atoms with Gasteiger partial charge in [-0.3, -0.25) is 9.59 Å². The van der Waals surface area contributed by atoms with E-state index in [0.717, 1.165) is 11.8 Å². The first-order chi connectivity index (χ1) is 13.0. The van der Waals surface area contributed by atoms with Crippen LogP contribution in [0.2, 0.25) is 5.02 Å². The Morgan fingerprint density at radius 3 is 2.30 bits per heavy atom. The molecule has 1 aliphatic heterocycles. The molecule has 1 heterocycles. The zero-order chi connectivity index (χ0) is 19.4. The number of piperazine rings is 1. The van der Waals surface area contributed by atoms with Gasteiger partial charge in [0.25, 0.3) is 5.91 Å². The van der Waals surface area contributed by atoms with Gasteiger partial charge in [0.05, 0.1) is 17.1 Å². The number of hydrogen-bond donors (Lipinski definition) is 1. The van der Waals surface area contributed by atoms with Gasteiger partial charge in [-0.1, -0.05) is 17.7 Å². The van der Waals surface area contributed by atoms with Crippen LogP contribution in [0.5, 0.6) is 0 Å². The van der Waals surface area contributed by atoms with Gasteiger partial charge in [0.1, 0.15) is 11.6 Å². The molecule has 2 aromatic rings. The standard InChI is InChI=1S/C19H18ClF2N3O2/c20-15-2-1-3-16(22)18(15)19(27)23-12-17(26)25-10-8-24(9-11-25)14-6-4-13(21)5-7-14/h1-7H,8-12H2,(H,23,27). The lowest BCUT2D eigenvalue weighted by Gasteiger charge is -2.36. The Kier molecular flexibility index (Phi) is 5.91. The minimum Gasteiger partial charge on any atom is -0.368 e. The first kappa shape index (κ1) is 19.1. The fourth-order valence-electron chi connectivity index (χ4n) is 2.94. The molecule has 0 atom stereocenters. The van der Waals surface area contributed by atoms with Crippen molar-refractivity contribution in [3.63, 3.8) is 0 Å². The minimum atomic E-state index is -0.736. The Labute approximate surface area is 160 Å². The van der Waals surface area contributed by atoms with Crippen LogP contribution in [-0.4, -0.2) is 49.4 Å². The number of nitrogens with zero attached hydrogens (tertiary/aromatic N) is 2. The molecule has 1 fully saturated rings. The first-order valence-electron chi connectivity index (χ1n) is 8.46. The number of nitrogens with one attached hydrogen (secondary N) is 1. The van der Waals surface area contributed by atoms with E-state index in [1.165, 1.54) is 24.3 Å². The average Bonchev–Trinajstić information content (AvgIpc) is 2.67. The van der Waals surface area contributed by atoms with Crippen LogP contribution in [0.4, 0.5) is 14.5 Å². The highest BCUT2D eigenvalue weighted by atomic mass is 35.5. The zero-order valence-electron chi connectivity index (χ0n) is 14.4. The monoisotopic (exact) mass is 393 g/mol. The van der Waals surface area contributed by atoms with E-state index in [1.54, 1.807) is 17.0 Å². The lowest BCUT2D eigenvalue weighted by Crippen LogP contribution is -2.51. The molecule has 142 valence electrons. The molecule has 27 heavy (non-hydrogen) atoms. The van der Waals surface area contributed by atoms with Gasteiger partial charge in [0, 0.05) is 31.9 Å². The summed E-state index contributed by atoms with van der Waals surface area (Å²) in [6.07, 6.45) is 0. The molecular weight excluding hydrogens is 376 g/mol. The van der Waals surface area contributed by atoms with Crippen molar-refractivity contribution in [2.45, 2.75) is 0 Å². The highest BCUT2D eigenvalue weighted by Crippen LogP contribution is 2.19. The van der Waals surface area contributed by atoms with E-state index in [-0.39, 0.29) is 28.9 Å². The van der Waals surface area contributed by atoms with Crippen molar-refractivity contribution >= 4 is 29.1 Å². The summed E-state index contributed by atoms with van der Waals surface area (Å²) in [4.78, 5) is 28.1. The van der Waals surface area contributed by atoms with E-state index in [9.17, 15) is 18.4 Å². The van der Waals surface area contributed by atoms with E-state index >= 15 is 0 Å². The molecule has 0 spiro atoms. The fourth-order valence-corrected chi connectivity index (χ4v) is 3.19. The van der Waals surface area contributed by atoms with Crippen LogP contribution in [0.25, 0.3) is 0 Å². The molecule has 0 aromatic heterocycles. The van der Waals surface area contributed by atoms with Crippen LogP contribution in [0, 0.1) is 11.6 Å². The number of hydrogen-bond acceptors (Lipinski definition) is 3. The van der Waals surface area contributed by atoms with Gasteiger partial charge in [-0.25, -0.2) is 8.78 Å². The molecule has 3 rings (SSSR count). The van der Waals surface area contributed by atoms with Gasteiger partial charge in [0.15, 0.2) is 0 Å². The third-order valence-corrected chi connectivity index (χ3v) is 4.73. The van der Waals surface area contributed by atoms with Crippen molar-refractivity contribution in [2.24, 2.45) is 0 Å². The van der Waals surface area contributed by atoms with Crippen LogP contribution < -0.4 is 10.2 Å². The predicted molar refractivity (Wildman–Crippen MR) is 98.9 cm³/mol. The number of carbonyl (C=O) groups is 2. The van der Waals surface area contributed by atoms with Crippen LogP contribution in [0.1, 0.15) is 10.4 Å². The fraction of sp³-hybridized carbons (Fsp3) is 0.263. The molecule has 1 saturated heterocycles. The van der Waals surface area contributed by atoms with Gasteiger partial charge in [-0.15, -0.1) is 0 Å². The van der Waals surface area contributed by atoms with Gasteiger partial charge in [-0.05, 0) is 36.4 Å². The Morgan fingerprint density at radius 2 is 1.67 bits per heavy atom. The number of rotatable bonds is 4. The summed E-state index contributed by atoms with van der Waals surface area (Å²) < 4.78 is 26.7. The molecule has 8 heteroatoms. The van der Waals surface area contributed by atoms with E-state index in [1.807, 2.05) is 0 Å². The molecule has 0 unspecified atom stereocenters. The van der Waals surface area contributed by atoms with Crippen molar-refractivity contribution in [2.75, 3.05) is 37.6 Å². The predicted octanol–water partition coefficient (Wildman–Crippen LogP) is 2.70. The number of anilines is 1. The quantitative estimate of drug-likeness (QED) is 0.869. The third kappa shape index (κ3) is 4.54. The zero-order valence-corrected chi connectivity index (χ0v) is 15.2. The second-order valence-corrected chi connectivity index (χ2v) is 6.53. The van der Waals surface area contributed by atoms with Crippen LogP contribution in [0.3, 0.4) is 0 Å². The maximum atomic E-state index is 13.7. The molecule has 5 nitrogen and oxygen atoms in total. The largest absolute Gasteiger partial charge is 0.368 e. The first-order valence-corrected chi connectivity index (χ1v) is 8.84. The van der Waals surface area contributed by atoms with Gasteiger partial charge < -0.3 is 15.1 Å². The van der Waals surface area contributed by atoms with Crippen molar-refractivity contribution in [3.05, 3.63) is 64.7 Å². The lowest BCUT2D eigenvalue weighted by atomic mass is 10.2. The second-order valence-electron chi connectivity index (χ2n) is 6.12. The van der Waals surface area contributed by atoms with E-state index in [4.69, 9.17) is 11.6 Å². The summed E-state index contributed by atoms with van der Waals surface area (Å²) in [7, 11) is 0. The maximum absolute atomic E-state index is 13.7. The molecule has 2 aromatic carbocycles. The van der Waals surface area contributed by atoms with Crippen molar-refractivity contribution < 1.29 is 18.4 Å². The van der Waals surface area contributed by atoms with Crippen LogP contribution >= 0.6 is 11.6 Å². The molecule has 2 amide bonds. The number of carbonyl (C=O) groups excluding carboxylic acids is 2. The van der Waals surface area contributed by atoms with Crippen LogP contribution in [0.15, 0.2) is 42.5 Å². The summed E-state index contributed by atoms with van der Waals surface area (Å²) in [5.41, 5.74) is 0.624. The van der Waals surface area contributed by atoms with E-state index in [2.05, 4.69) is 10.2 Å². The summed E-state index contributed by atoms with van der Waals surface area (Å²) in [5, 5.41) is 2.41. The van der Waals surface area contributed by atoms with E-state index < -0.39 is 11.7 Å². The minimum absolute atomic E-state index is 0.00661. The van der Waals surface area contributed by atoms with Crippen molar-refractivity contribution in [1.82, 2.24) is 10.2 Å². The molecular formula is C19H18ClF2N3O2. The molecule has 0 bridgehead atoms. The summed E-state index contributed by atoms with van der Waals surface area (Å²) in [6.45, 7) is 1.92. The van der Waals surface area contributed by atoms with Gasteiger partial charge >= 0.3 is 0 Å². The Bertz CT molecular complexity index is 817. The SMILES string of the molecule is O=C(NCC(=O)N1CCN(c2ccc(F)cc2)CC1)c1c(F)cccc1Cl. The molecule has 0 aliphatic carbocycles. The highest BCUT2D eigenvalue weighted by Gasteiger charge is 2.22. The summed E-state index contributed by atoms with van der Waals surface area (Å²) in [5.74, 6) is -2.01. The highest BCUT2D eigenvalue weighted by molar-refractivity contribution is 6.33. The number of benzene rings is 2. The topological polar surface area (TPSA) is 52.7 Å². The molecule has 0 saturated carbocycles. The van der Waals surface area contributed by atoms with Crippen molar-refractivity contribution in [1.29, 1.82) is 0 Å². The van der Waals surface area contributed by atoms with Gasteiger partial charge in [-0.2, -0.15) is 0 Å². The van der Waals surface area contributed by atoms with Gasteiger partial charge in [0.2, 0.25) is 5.91 Å². The average molecular weight is 394 g/mol. The third-order valence-electron chi connectivity index (χ3n) is 4.41. The second kappa shape index (κ2) is 8.35. The Morgan fingerprint density at radius 1 is 1.00 bits per heavy atom. The maximum Gasteiger partial charge on any atom is 0.256 e. The smallest absolute Gasteiger partial charge is 0.256 e. The van der Waals surface area contributed by atoms with Crippen LogP contribution in [-0.2, 0) is 4.79 Å². The molecule has 0 radical (unpaired) electrons. The normalized spacial score (nSPS) is 14.2. The number of amides is 2. The summed E-state index contributed by atoms with van der Waals surface area (Å²) in [6, 6.07) is 10.1. The Balaban J connectivity index is 1.51. The molecule has 1 aliphatic rings. The Hall–Kier alpha value is -2.67. The molecule has 1 N–H and O–H groups in total. The summed E-state index contributed by atoms with van der Waals surface area (Å²) >= 11 is 5.85.